The zero-order valence-electron chi connectivity index (χ0n) is 26.3. The second kappa shape index (κ2) is 20.5. The van der Waals surface area contributed by atoms with Gasteiger partial charge in [-0.1, -0.05) is 89.7 Å². The summed E-state index contributed by atoms with van der Waals surface area (Å²) in [6, 6.07) is 19.5. The predicted octanol–water partition coefficient (Wildman–Crippen LogP) is 9.65. The Morgan fingerprint density at radius 3 is 1.84 bits per heavy atom. The minimum atomic E-state index is -0.551. The van der Waals surface area contributed by atoms with Gasteiger partial charge in [-0.05, 0) is 72.2 Å². The van der Waals surface area contributed by atoms with E-state index in [0.717, 1.165) is 17.7 Å². The smallest absolute Gasteiger partial charge is 0.343 e. The molecule has 0 N–H and O–H groups in total. The third-order valence-electron chi connectivity index (χ3n) is 7.39. The minimum Gasteiger partial charge on any atom is -0.494 e. The average Bonchev–Trinajstić information content (AvgIpc) is 3.06. The van der Waals surface area contributed by atoms with Crippen molar-refractivity contribution in [1.82, 2.24) is 0 Å². The molecule has 0 bridgehead atoms. The molecule has 0 amide bonds. The van der Waals surface area contributed by atoms with Crippen LogP contribution in [0, 0.1) is 10.1 Å². The molecule has 0 saturated heterocycles. The Labute approximate surface area is 266 Å². The summed E-state index contributed by atoms with van der Waals surface area (Å²) in [6.45, 7) is 2.93. The maximum atomic E-state index is 12.6. The molecule has 0 spiro atoms. The van der Waals surface area contributed by atoms with Crippen LogP contribution in [0.25, 0.3) is 6.08 Å². The molecule has 0 aliphatic rings. The van der Waals surface area contributed by atoms with Gasteiger partial charge in [-0.15, -0.1) is 0 Å². The molecule has 8 nitrogen and oxygen atoms in total. The number of hydrogen-bond donors (Lipinski definition) is 0. The van der Waals surface area contributed by atoms with E-state index >= 15 is 0 Å². The van der Waals surface area contributed by atoms with Crippen molar-refractivity contribution in [3.63, 3.8) is 0 Å². The summed E-state index contributed by atoms with van der Waals surface area (Å²) in [7, 11) is 0. The summed E-state index contributed by atoms with van der Waals surface area (Å²) >= 11 is 0. The molecular formula is C37H45NO7. The number of nitrogens with zero attached hydrogens (tertiary/aromatic N) is 1. The molecule has 0 aliphatic carbocycles. The summed E-state index contributed by atoms with van der Waals surface area (Å²) in [5.74, 6) is 0.0909. The van der Waals surface area contributed by atoms with Gasteiger partial charge in [-0.3, -0.25) is 10.1 Å². The van der Waals surface area contributed by atoms with Gasteiger partial charge in [0.25, 0.3) is 5.69 Å². The SMILES string of the molecule is CCCCCCCCCCCCCCOc1ccc(C(=O)Oc2ccc(/C=C/C(=O)OCc3ccc([N+](=O)[O-])cc3)cc2)cc1. The number of carbonyl (C=O) groups excluding carboxylic acids is 2. The molecule has 3 aromatic carbocycles. The predicted molar refractivity (Wildman–Crippen MR) is 176 cm³/mol. The average molecular weight is 616 g/mol. The van der Waals surface area contributed by atoms with Crippen LogP contribution in [0.4, 0.5) is 5.69 Å². The first-order chi connectivity index (χ1) is 21.9. The van der Waals surface area contributed by atoms with Gasteiger partial charge in [0.2, 0.25) is 0 Å². The van der Waals surface area contributed by atoms with E-state index in [0.29, 0.717) is 23.5 Å². The first kappa shape index (κ1) is 35.0. The second-order valence-electron chi connectivity index (χ2n) is 11.1. The zero-order chi connectivity index (χ0) is 32.1. The number of carbonyl (C=O) groups is 2. The van der Waals surface area contributed by atoms with E-state index in [1.54, 1.807) is 66.7 Å². The van der Waals surface area contributed by atoms with Crippen molar-refractivity contribution >= 4 is 23.7 Å². The summed E-state index contributed by atoms with van der Waals surface area (Å²) in [6.07, 6.45) is 18.5. The molecule has 0 heterocycles. The molecule has 0 atom stereocenters. The Bertz CT molecular complexity index is 1330. The molecule has 3 aromatic rings. The quantitative estimate of drug-likeness (QED) is 0.0293. The minimum absolute atomic E-state index is 0.00258. The van der Waals surface area contributed by atoms with Gasteiger partial charge >= 0.3 is 11.9 Å². The largest absolute Gasteiger partial charge is 0.494 e. The number of unbranched alkanes of at least 4 members (excludes halogenated alkanes) is 11. The number of nitro groups is 1. The van der Waals surface area contributed by atoms with E-state index in [-0.39, 0.29) is 12.3 Å². The Morgan fingerprint density at radius 2 is 1.27 bits per heavy atom. The number of rotatable bonds is 21. The van der Waals surface area contributed by atoms with Crippen molar-refractivity contribution in [3.05, 3.63) is 106 Å². The lowest BCUT2D eigenvalue weighted by Crippen LogP contribution is -2.08. The lowest BCUT2D eigenvalue weighted by molar-refractivity contribution is -0.384. The first-order valence-electron chi connectivity index (χ1n) is 16.1. The number of benzene rings is 3. The number of esters is 2. The zero-order valence-corrected chi connectivity index (χ0v) is 26.3. The van der Waals surface area contributed by atoms with E-state index in [1.165, 1.54) is 88.8 Å². The highest BCUT2D eigenvalue weighted by atomic mass is 16.6. The number of nitro benzene ring substituents is 1. The van der Waals surface area contributed by atoms with E-state index in [9.17, 15) is 19.7 Å². The van der Waals surface area contributed by atoms with Gasteiger partial charge in [0, 0.05) is 18.2 Å². The van der Waals surface area contributed by atoms with Crippen LogP contribution in [-0.2, 0) is 16.1 Å². The Kier molecular flexibility index (Phi) is 15.9. The summed E-state index contributed by atoms with van der Waals surface area (Å²) in [5.41, 5.74) is 1.76. The highest BCUT2D eigenvalue weighted by Crippen LogP contribution is 2.19. The maximum Gasteiger partial charge on any atom is 0.343 e. The van der Waals surface area contributed by atoms with Crippen molar-refractivity contribution in [2.24, 2.45) is 0 Å². The lowest BCUT2D eigenvalue weighted by atomic mass is 10.1. The van der Waals surface area contributed by atoms with Crippen molar-refractivity contribution in [1.29, 1.82) is 0 Å². The third kappa shape index (κ3) is 14.2. The highest BCUT2D eigenvalue weighted by molar-refractivity contribution is 5.91. The molecule has 240 valence electrons. The molecule has 0 saturated carbocycles. The topological polar surface area (TPSA) is 105 Å². The molecule has 0 fully saturated rings. The summed E-state index contributed by atoms with van der Waals surface area (Å²) in [4.78, 5) is 34.8. The van der Waals surface area contributed by atoms with Gasteiger partial charge in [0.05, 0.1) is 17.1 Å². The Balaban J connectivity index is 1.28. The molecule has 0 aromatic heterocycles. The molecule has 8 heteroatoms. The molecule has 3 rings (SSSR count). The van der Waals surface area contributed by atoms with E-state index in [2.05, 4.69) is 6.92 Å². The van der Waals surface area contributed by atoms with Crippen LogP contribution >= 0.6 is 0 Å². The van der Waals surface area contributed by atoms with Crippen LogP contribution in [0.15, 0.2) is 78.9 Å². The standard InChI is InChI=1S/C37H45NO7/c1-2-3-4-5-6-7-8-9-10-11-12-13-28-43-34-25-19-32(20-26-34)37(40)45-35-23-16-30(17-24-35)18-27-36(39)44-29-31-14-21-33(22-15-31)38(41)42/h14-27H,2-13,28-29H2,1H3/b27-18+. The van der Waals surface area contributed by atoms with Crippen molar-refractivity contribution in [2.45, 2.75) is 90.6 Å². The van der Waals surface area contributed by atoms with Crippen molar-refractivity contribution in [2.75, 3.05) is 6.61 Å². The summed E-state index contributed by atoms with van der Waals surface area (Å²) in [5, 5.41) is 10.7. The second-order valence-corrected chi connectivity index (χ2v) is 11.1. The Hall–Kier alpha value is -4.46. The van der Waals surface area contributed by atoms with Crippen LogP contribution in [0.1, 0.15) is 105 Å². The monoisotopic (exact) mass is 615 g/mol. The summed E-state index contributed by atoms with van der Waals surface area (Å²) < 4.78 is 16.5. The van der Waals surface area contributed by atoms with Crippen molar-refractivity contribution in [3.8, 4) is 11.5 Å². The van der Waals surface area contributed by atoms with Gasteiger partial charge in [-0.25, -0.2) is 9.59 Å². The van der Waals surface area contributed by atoms with Gasteiger partial charge < -0.3 is 14.2 Å². The van der Waals surface area contributed by atoms with Gasteiger partial charge in [0.1, 0.15) is 18.1 Å². The van der Waals surface area contributed by atoms with Crippen LogP contribution < -0.4 is 9.47 Å². The first-order valence-corrected chi connectivity index (χ1v) is 16.1. The molecule has 45 heavy (non-hydrogen) atoms. The van der Waals surface area contributed by atoms with Crippen LogP contribution in [0.3, 0.4) is 0 Å². The Morgan fingerprint density at radius 1 is 0.711 bits per heavy atom. The van der Waals surface area contributed by atoms with E-state index < -0.39 is 16.9 Å². The highest BCUT2D eigenvalue weighted by Gasteiger charge is 2.09. The van der Waals surface area contributed by atoms with Crippen LogP contribution in [-0.4, -0.2) is 23.5 Å². The molecule has 0 aliphatic heterocycles. The third-order valence-corrected chi connectivity index (χ3v) is 7.39. The number of hydrogen-bond acceptors (Lipinski definition) is 7. The van der Waals surface area contributed by atoms with Crippen LogP contribution in [0.2, 0.25) is 0 Å². The van der Waals surface area contributed by atoms with E-state index in [4.69, 9.17) is 14.2 Å². The fourth-order valence-electron chi connectivity index (χ4n) is 4.71. The van der Waals surface area contributed by atoms with Crippen molar-refractivity contribution < 1.29 is 28.7 Å². The van der Waals surface area contributed by atoms with Gasteiger partial charge in [-0.2, -0.15) is 0 Å². The number of ether oxygens (including phenoxy) is 3. The lowest BCUT2D eigenvalue weighted by Gasteiger charge is -2.08. The van der Waals surface area contributed by atoms with E-state index in [1.807, 2.05) is 0 Å². The normalized spacial score (nSPS) is 11.0. The fourth-order valence-corrected chi connectivity index (χ4v) is 4.71. The molecular weight excluding hydrogens is 570 g/mol. The number of non-ortho nitro benzene ring substituents is 1. The van der Waals surface area contributed by atoms with Crippen LogP contribution in [0.5, 0.6) is 11.5 Å². The fraction of sp³-hybridized carbons (Fsp3) is 0.405. The maximum absolute atomic E-state index is 12.6. The molecule has 0 unspecified atom stereocenters. The van der Waals surface area contributed by atoms with Gasteiger partial charge in [0.15, 0.2) is 0 Å². The molecule has 0 radical (unpaired) electrons.